The largest absolute Gasteiger partial charge is 0.634 e. The van der Waals surface area contributed by atoms with Crippen molar-refractivity contribution in [1.29, 1.82) is 0 Å². The van der Waals surface area contributed by atoms with E-state index in [1.807, 2.05) is 0 Å². The molecular weight excluding hydrogens is 1910 g/mol. The molecule has 0 aromatic rings. The number of thiol groups is 1. The standard InChI is InChI=1S/C65H102N2O53S8/c1-15-58(2,3)50(76)105-16-17-106-51(77)63(8,34-115-56(82)64(9,36-117-52(78)59(4,26-107-42(68)18-121(86)87)31-112-47(73)23-126(96,97)98)39-120-55(81)62(7,32-113-48(74)24-127(99,100)101)33-114-49(75)25-128(102,103)104)35-116-57(83)65(10,37-118-53(79)60(5,27-108-43(69)19-122(13,88)89)29-110-45(71)21-124(92,93)40-66(11)84)38-119-54(80)61(6,28-109-44(70)20-123(14,90)91)30-111-46(72)22-125(94,95)41-67(12)85/h66-67,121H,15-41H2,1-14H3,(H,96,97,98)(H,99,100,101)(H,102,103,104). The first-order chi connectivity index (χ1) is 57.7. The van der Waals surface area contributed by atoms with Crippen LogP contribution in [0.2, 0.25) is 0 Å². The summed E-state index contributed by atoms with van der Waals surface area (Å²) < 4.78 is 301. The minimum absolute atomic E-state index is 0.155. The van der Waals surface area contributed by atoms with Gasteiger partial charge < -0.3 is 96.3 Å². The normalized spacial score (nSPS) is 15.7. The first-order valence-electron chi connectivity index (χ1n) is 36.1. The van der Waals surface area contributed by atoms with Gasteiger partial charge in [0.15, 0.2) is 70.9 Å². The number of carbonyl (C=O) groups excluding carboxylic acids is 16. The summed E-state index contributed by atoms with van der Waals surface area (Å²) in [7, 11) is -35.4. The van der Waals surface area contributed by atoms with Gasteiger partial charge in [0.2, 0.25) is 19.7 Å². The lowest BCUT2D eigenvalue weighted by atomic mass is 9.89. The zero-order valence-electron chi connectivity index (χ0n) is 71.2. The molecule has 0 aromatic carbocycles. The van der Waals surface area contributed by atoms with E-state index in [9.17, 15) is 159 Å². The lowest BCUT2D eigenvalue weighted by Crippen LogP contribution is -3.04. The summed E-state index contributed by atoms with van der Waals surface area (Å²) in [5, 5.41) is 21.4. The molecule has 0 aliphatic rings. The summed E-state index contributed by atoms with van der Waals surface area (Å²) in [5.41, 5.74) is -20.9. The third-order valence-electron chi connectivity index (χ3n) is 16.4. The fourth-order valence-corrected chi connectivity index (χ4v) is 13.4. The van der Waals surface area contributed by atoms with Crippen LogP contribution in [-0.2, 0) is 233 Å². The molecular formula is C65H102N2O53S8. The van der Waals surface area contributed by atoms with Crippen LogP contribution in [0.5, 0.6) is 0 Å². The average Bonchev–Trinajstić information content (AvgIpc) is 0.806. The number of hydrogen-bond donors (Lipinski definition) is 6. The SMILES string of the molecule is CCC(C)(C)C(=O)OCCOC(=O)C(C)(COC(=O)C(C)(COC(=O)C(C)(COC(=O)C[SH](=O)=O)COC(=O)CS(=O)(=O)O)COC(=O)C(C)(COC(=O)CS(=O)(=O)O)COC(=O)CS(=O)(=O)O)COC(=O)C(C)(COC(=O)C(C)(COC(=O)CS(C)(=O)=O)COC(=O)CS(=O)(=O)C[NH+](C)[O-])COC(=O)C(C)(COC(=O)CS(C)(=O)=O)COC(=O)CS(=O)(=O)C[NH+](C)[O-]. The second-order valence-corrected chi connectivity index (χ2v) is 45.2. The van der Waals surface area contributed by atoms with Crippen LogP contribution in [0.3, 0.4) is 0 Å². The minimum Gasteiger partial charge on any atom is -0.634 e. The van der Waals surface area contributed by atoms with Crippen LogP contribution in [0, 0.1) is 53.7 Å². The van der Waals surface area contributed by atoms with Crippen LogP contribution in [0.25, 0.3) is 0 Å². The van der Waals surface area contributed by atoms with Gasteiger partial charge in [-0.1, -0.05) is 6.92 Å². The molecule has 0 fully saturated rings. The molecule has 0 spiro atoms. The maximum absolute atomic E-state index is 15.2. The van der Waals surface area contributed by atoms with E-state index in [-0.39, 0.29) is 6.42 Å². The Balaban J connectivity index is 9.16. The summed E-state index contributed by atoms with van der Waals surface area (Å²) in [6.07, 6.45) is 1.26. The van der Waals surface area contributed by atoms with Crippen molar-refractivity contribution in [3.63, 3.8) is 0 Å². The lowest BCUT2D eigenvalue weighted by molar-refractivity contribution is -0.811. The van der Waals surface area contributed by atoms with E-state index in [2.05, 4.69) is 0 Å². The van der Waals surface area contributed by atoms with Crippen LogP contribution in [0.1, 0.15) is 75.7 Å². The molecule has 7 atom stereocenters. The third kappa shape index (κ3) is 47.4. The highest BCUT2D eigenvalue weighted by Gasteiger charge is 2.51. The Morgan fingerprint density at radius 2 is 0.453 bits per heavy atom. The highest BCUT2D eigenvalue weighted by atomic mass is 32.2. The highest BCUT2D eigenvalue weighted by Crippen LogP contribution is 2.33. The van der Waals surface area contributed by atoms with Crippen LogP contribution in [-0.4, -0.2) is 367 Å². The van der Waals surface area contributed by atoms with Crippen molar-refractivity contribution in [1.82, 2.24) is 0 Å². The molecule has 128 heavy (non-hydrogen) atoms. The lowest BCUT2D eigenvalue weighted by Gasteiger charge is -2.34. The second kappa shape index (κ2) is 49.2. The topological polar surface area (TPSA) is 810 Å². The van der Waals surface area contributed by atoms with E-state index in [1.54, 1.807) is 6.92 Å². The Morgan fingerprint density at radius 3 is 0.633 bits per heavy atom. The molecule has 0 saturated carbocycles. The molecule has 738 valence electrons. The van der Waals surface area contributed by atoms with Crippen molar-refractivity contribution in [2.24, 2.45) is 43.3 Å². The minimum atomic E-state index is -5.24. The van der Waals surface area contributed by atoms with E-state index in [0.29, 0.717) is 40.2 Å². The number of ether oxygens (including phenoxy) is 16. The predicted octanol–water partition coefficient (Wildman–Crippen LogP) is -9.71. The Kier molecular flexibility index (Phi) is 45.7. The maximum atomic E-state index is 15.2. The fourth-order valence-electron chi connectivity index (χ4n) is 8.61. The van der Waals surface area contributed by atoms with Crippen molar-refractivity contribution >= 4 is 176 Å². The molecule has 63 heteroatoms. The molecule has 0 bridgehead atoms. The zero-order chi connectivity index (χ0) is 99.9. The first kappa shape index (κ1) is 119. The number of quaternary nitrogens is 2. The number of hydroxylamine groups is 4. The Bertz CT molecular complexity index is 4800. The maximum Gasteiger partial charge on any atom is 0.323 e. The molecule has 0 heterocycles. The van der Waals surface area contributed by atoms with Crippen LogP contribution in [0.4, 0.5) is 0 Å². The van der Waals surface area contributed by atoms with Crippen molar-refractivity contribution in [3.05, 3.63) is 10.4 Å². The number of rotatable bonds is 60. The van der Waals surface area contributed by atoms with E-state index in [4.69, 9.17) is 75.8 Å². The molecule has 0 aliphatic heterocycles. The van der Waals surface area contributed by atoms with E-state index >= 15 is 9.59 Å². The van der Waals surface area contributed by atoms with Gasteiger partial charge in [0.25, 0.3) is 30.4 Å². The number of hydrogen-bond acceptors (Lipinski definition) is 50. The highest BCUT2D eigenvalue weighted by molar-refractivity contribution is 7.92. The quantitative estimate of drug-likeness (QED) is 0.00822. The molecule has 7 unspecified atom stereocenters. The van der Waals surface area contributed by atoms with Crippen molar-refractivity contribution < 1.29 is 244 Å². The van der Waals surface area contributed by atoms with Crippen molar-refractivity contribution in [2.75, 3.05) is 190 Å². The molecule has 0 radical (unpaired) electrons. The Morgan fingerprint density at radius 1 is 0.281 bits per heavy atom. The first-order valence-corrected chi connectivity index (χ1v) is 50.0. The number of esters is 16. The van der Waals surface area contributed by atoms with Gasteiger partial charge in [-0.05, 0) is 68.7 Å². The van der Waals surface area contributed by atoms with Gasteiger partial charge in [-0.2, -0.15) is 25.3 Å². The third-order valence-corrected chi connectivity index (χ3v) is 23.3. The van der Waals surface area contributed by atoms with Crippen molar-refractivity contribution in [3.8, 4) is 0 Å². The van der Waals surface area contributed by atoms with Crippen molar-refractivity contribution in [2.45, 2.75) is 75.7 Å². The molecule has 0 aliphatic carbocycles. The fraction of sp³-hybridized carbons (Fsp3) is 0.754. The van der Waals surface area contributed by atoms with E-state index in [1.165, 1.54) is 13.8 Å². The van der Waals surface area contributed by atoms with Gasteiger partial charge in [-0.15, -0.1) is 0 Å². The second-order valence-electron chi connectivity index (χ2n) is 31.5. The van der Waals surface area contributed by atoms with E-state index in [0.717, 1.165) is 34.9 Å². The van der Waals surface area contributed by atoms with Gasteiger partial charge in [-0.25, -0.2) is 42.1 Å². The summed E-state index contributed by atoms with van der Waals surface area (Å²) in [6.45, 7) is -13.8. The summed E-state index contributed by atoms with van der Waals surface area (Å²) in [4.78, 5) is 217. The molecule has 5 N–H and O–H groups in total. The van der Waals surface area contributed by atoms with Gasteiger partial charge in [0.1, 0.15) is 161 Å². The zero-order valence-corrected chi connectivity index (χ0v) is 77.8. The smallest absolute Gasteiger partial charge is 0.323 e. The summed E-state index contributed by atoms with van der Waals surface area (Å²) in [5.74, 6) is -42.9. The van der Waals surface area contributed by atoms with Crippen LogP contribution < -0.4 is 10.1 Å². The van der Waals surface area contributed by atoms with Gasteiger partial charge in [-0.3, -0.25) is 90.4 Å². The van der Waals surface area contributed by atoms with E-state index < -0.39 is 393 Å². The number of sulfone groups is 4. The summed E-state index contributed by atoms with van der Waals surface area (Å²) in [6, 6.07) is 0. The predicted molar refractivity (Wildman–Crippen MR) is 418 cm³/mol. The van der Waals surface area contributed by atoms with Gasteiger partial charge in [0.05, 0.1) is 19.5 Å². The average molecular weight is 2020 g/mol. The summed E-state index contributed by atoms with van der Waals surface area (Å²) >= 11 is 0. The molecule has 55 nitrogen and oxygen atoms in total. The molecule has 0 saturated heterocycles. The van der Waals surface area contributed by atoms with Crippen LogP contribution in [0.15, 0.2) is 0 Å². The monoisotopic (exact) mass is 2010 g/mol. The Labute approximate surface area is 735 Å². The molecule has 0 rings (SSSR count). The molecule has 0 aromatic heterocycles. The number of carbonyl (C=O) groups is 16. The number of nitrogens with one attached hydrogen (secondary N) is 2. The van der Waals surface area contributed by atoms with Gasteiger partial charge >= 0.3 is 95.5 Å². The van der Waals surface area contributed by atoms with Crippen LogP contribution >= 0.6 is 0 Å². The Hall–Kier alpha value is -9.16. The van der Waals surface area contributed by atoms with Gasteiger partial charge in [0, 0.05) is 12.5 Å². The molecule has 0 amide bonds.